The maximum absolute atomic E-state index is 6.31. The number of rotatable bonds is 6. The maximum atomic E-state index is 6.31. The molecule has 1 aromatic heterocycles. The summed E-state index contributed by atoms with van der Waals surface area (Å²) in [4.78, 5) is 0. The van der Waals surface area contributed by atoms with Gasteiger partial charge in [-0.25, -0.2) is 0 Å². The lowest BCUT2D eigenvalue weighted by Crippen LogP contribution is -2.27. The first-order valence-electron chi connectivity index (χ1n) is 7.20. The Bertz CT molecular complexity index is 375. The Hall–Kier alpha value is -0.540. The minimum Gasteiger partial charge on any atom is -0.314 e. The zero-order valence-corrected chi connectivity index (χ0v) is 12.2. The Morgan fingerprint density at radius 1 is 1.39 bits per heavy atom. The molecular formula is C14H24ClN3. The minimum absolute atomic E-state index is 0.584. The van der Waals surface area contributed by atoms with Crippen molar-refractivity contribution in [1.82, 2.24) is 15.1 Å². The van der Waals surface area contributed by atoms with Gasteiger partial charge in [-0.2, -0.15) is 5.10 Å². The van der Waals surface area contributed by atoms with E-state index in [1.165, 1.54) is 31.4 Å². The second-order valence-corrected chi connectivity index (χ2v) is 5.67. The molecule has 1 aliphatic rings. The summed E-state index contributed by atoms with van der Waals surface area (Å²) in [7, 11) is 0. The zero-order chi connectivity index (χ0) is 13.0. The molecule has 3 nitrogen and oxygen atoms in total. The lowest BCUT2D eigenvalue weighted by Gasteiger charge is -2.15. The van der Waals surface area contributed by atoms with Crippen LogP contribution in [-0.2, 0) is 6.54 Å². The van der Waals surface area contributed by atoms with Crippen LogP contribution in [0.5, 0.6) is 0 Å². The largest absolute Gasteiger partial charge is 0.314 e. The van der Waals surface area contributed by atoms with Crippen molar-refractivity contribution in [2.45, 2.75) is 64.5 Å². The molecule has 0 bridgehead atoms. The molecule has 1 fully saturated rings. The first-order chi connectivity index (χ1) is 8.76. The van der Waals surface area contributed by atoms with E-state index in [4.69, 9.17) is 11.6 Å². The number of hydrogen-bond acceptors (Lipinski definition) is 2. The van der Waals surface area contributed by atoms with Crippen LogP contribution in [0.2, 0.25) is 5.02 Å². The summed E-state index contributed by atoms with van der Waals surface area (Å²) in [6.45, 7) is 6.50. The van der Waals surface area contributed by atoms with Crippen LogP contribution in [0.3, 0.4) is 0 Å². The third kappa shape index (κ3) is 3.07. The van der Waals surface area contributed by atoms with E-state index in [1.807, 2.05) is 0 Å². The van der Waals surface area contributed by atoms with Gasteiger partial charge in [-0.1, -0.05) is 25.4 Å². The Balaban J connectivity index is 2.02. The lowest BCUT2D eigenvalue weighted by atomic mass is 10.0. The van der Waals surface area contributed by atoms with E-state index in [2.05, 4.69) is 28.9 Å². The molecule has 0 spiro atoms. The molecule has 0 aromatic carbocycles. The highest BCUT2D eigenvalue weighted by molar-refractivity contribution is 6.31. The first kappa shape index (κ1) is 13.9. The number of hydrogen-bond donors (Lipinski definition) is 1. The molecule has 1 aromatic rings. The Morgan fingerprint density at radius 3 is 2.94 bits per heavy atom. The van der Waals surface area contributed by atoms with Gasteiger partial charge in [0.15, 0.2) is 0 Å². The van der Waals surface area contributed by atoms with Crippen molar-refractivity contribution in [1.29, 1.82) is 0 Å². The van der Waals surface area contributed by atoms with Crippen molar-refractivity contribution < 1.29 is 0 Å². The Morgan fingerprint density at radius 2 is 2.22 bits per heavy atom. The van der Waals surface area contributed by atoms with Gasteiger partial charge in [0.2, 0.25) is 0 Å². The molecule has 4 heteroatoms. The van der Waals surface area contributed by atoms with Crippen molar-refractivity contribution >= 4 is 11.6 Å². The third-order valence-electron chi connectivity index (χ3n) is 3.77. The van der Waals surface area contributed by atoms with Gasteiger partial charge in [-0.3, -0.25) is 4.68 Å². The molecular weight excluding hydrogens is 246 g/mol. The molecule has 1 N–H and O–H groups in total. The predicted molar refractivity (Wildman–Crippen MR) is 76.2 cm³/mol. The number of nitrogens with one attached hydrogen (secondary N) is 1. The summed E-state index contributed by atoms with van der Waals surface area (Å²) < 4.78 is 2.11. The number of aryl methyl sites for hydroxylation is 1. The minimum atomic E-state index is 0.584. The van der Waals surface area contributed by atoms with Crippen molar-refractivity contribution in [3.63, 3.8) is 0 Å². The highest BCUT2D eigenvalue weighted by Crippen LogP contribution is 2.37. The van der Waals surface area contributed by atoms with Crippen molar-refractivity contribution in [3.05, 3.63) is 16.9 Å². The van der Waals surface area contributed by atoms with Crippen LogP contribution in [0, 0.1) is 0 Å². The highest BCUT2D eigenvalue weighted by atomic mass is 35.5. The topological polar surface area (TPSA) is 29.9 Å². The number of halogens is 1. The maximum Gasteiger partial charge on any atom is 0.0820 e. The molecule has 0 radical (unpaired) electrons. The summed E-state index contributed by atoms with van der Waals surface area (Å²) in [5.41, 5.74) is 1.26. The van der Waals surface area contributed by atoms with Crippen LogP contribution in [-0.4, -0.2) is 22.4 Å². The molecule has 0 amide bonds. The molecule has 1 saturated carbocycles. The van der Waals surface area contributed by atoms with Gasteiger partial charge < -0.3 is 5.32 Å². The van der Waals surface area contributed by atoms with Crippen molar-refractivity contribution in [3.8, 4) is 0 Å². The number of nitrogens with zero attached hydrogens (tertiary/aromatic N) is 2. The Labute approximate surface area is 115 Å². The van der Waals surface area contributed by atoms with Gasteiger partial charge >= 0.3 is 0 Å². The van der Waals surface area contributed by atoms with E-state index < -0.39 is 0 Å². The van der Waals surface area contributed by atoms with E-state index in [-0.39, 0.29) is 0 Å². The molecule has 0 aliphatic heterocycles. The quantitative estimate of drug-likeness (QED) is 0.855. The van der Waals surface area contributed by atoms with Gasteiger partial charge in [0.05, 0.1) is 16.9 Å². The lowest BCUT2D eigenvalue weighted by molar-refractivity contribution is 0.501. The fourth-order valence-electron chi connectivity index (χ4n) is 2.93. The summed E-state index contributed by atoms with van der Waals surface area (Å²) >= 11 is 6.31. The highest BCUT2D eigenvalue weighted by Gasteiger charge is 2.29. The van der Waals surface area contributed by atoms with Gasteiger partial charge in [-0.05, 0) is 38.6 Å². The predicted octanol–water partition coefficient (Wildman–Crippen LogP) is 3.58. The SMILES string of the molecule is CCCNC1CCC(c2c(Cl)cnn2CCC)C1. The molecule has 102 valence electrons. The van der Waals surface area contributed by atoms with Gasteiger partial charge in [0.25, 0.3) is 0 Å². The fraction of sp³-hybridized carbons (Fsp3) is 0.786. The first-order valence-corrected chi connectivity index (χ1v) is 7.58. The standard InChI is InChI=1S/C14H24ClN3/c1-3-7-16-12-6-5-11(9-12)14-13(15)10-17-18(14)8-4-2/h10-12,16H,3-9H2,1-2H3. The van der Waals surface area contributed by atoms with Crippen molar-refractivity contribution in [2.75, 3.05) is 6.54 Å². The summed E-state index contributed by atoms with van der Waals surface area (Å²) in [5, 5.41) is 8.87. The number of aromatic nitrogens is 2. The summed E-state index contributed by atoms with van der Waals surface area (Å²) in [6, 6.07) is 0.663. The molecule has 18 heavy (non-hydrogen) atoms. The molecule has 1 heterocycles. The smallest absolute Gasteiger partial charge is 0.0820 e. The van der Waals surface area contributed by atoms with E-state index in [0.717, 1.165) is 24.5 Å². The van der Waals surface area contributed by atoms with Crippen LogP contribution >= 0.6 is 11.6 Å². The van der Waals surface area contributed by atoms with Gasteiger partial charge in [0.1, 0.15) is 0 Å². The average Bonchev–Trinajstić information content (AvgIpc) is 2.94. The molecule has 0 saturated heterocycles. The molecule has 2 atom stereocenters. The second kappa shape index (κ2) is 6.58. The van der Waals surface area contributed by atoms with E-state index >= 15 is 0 Å². The molecule has 1 aliphatic carbocycles. The molecule has 2 unspecified atom stereocenters. The Kier molecular flexibility index (Phi) is 5.07. The van der Waals surface area contributed by atoms with Crippen LogP contribution < -0.4 is 5.32 Å². The fourth-order valence-corrected chi connectivity index (χ4v) is 3.23. The third-order valence-corrected chi connectivity index (χ3v) is 4.06. The summed E-state index contributed by atoms with van der Waals surface area (Å²) in [5.74, 6) is 0.584. The van der Waals surface area contributed by atoms with E-state index in [0.29, 0.717) is 12.0 Å². The zero-order valence-electron chi connectivity index (χ0n) is 11.5. The normalized spacial score (nSPS) is 23.7. The van der Waals surface area contributed by atoms with Crippen LogP contribution in [0.25, 0.3) is 0 Å². The van der Waals surface area contributed by atoms with Crippen LogP contribution in [0.15, 0.2) is 6.20 Å². The average molecular weight is 270 g/mol. The van der Waals surface area contributed by atoms with Gasteiger partial charge in [-0.15, -0.1) is 0 Å². The van der Waals surface area contributed by atoms with Crippen molar-refractivity contribution in [2.24, 2.45) is 0 Å². The monoisotopic (exact) mass is 269 g/mol. The van der Waals surface area contributed by atoms with Crippen LogP contribution in [0.1, 0.15) is 57.6 Å². The van der Waals surface area contributed by atoms with E-state index in [1.54, 1.807) is 6.20 Å². The second-order valence-electron chi connectivity index (χ2n) is 5.26. The van der Waals surface area contributed by atoms with Gasteiger partial charge in [0, 0.05) is 18.5 Å². The van der Waals surface area contributed by atoms with E-state index in [9.17, 15) is 0 Å². The van der Waals surface area contributed by atoms with Crippen LogP contribution in [0.4, 0.5) is 0 Å². The molecule has 2 rings (SSSR count). The summed E-state index contributed by atoms with van der Waals surface area (Å²) in [6.07, 6.45) is 7.81.